The van der Waals surface area contributed by atoms with Crippen molar-refractivity contribution in [3.8, 4) is 12.1 Å². The molecule has 1 saturated heterocycles. The molecule has 2 N–H and O–H groups in total. The fraction of sp³-hybridized carbons (Fsp3) is 0.459. The third-order valence-corrected chi connectivity index (χ3v) is 9.08. The largest absolute Gasteiger partial charge is 0.326 e. The van der Waals surface area contributed by atoms with Crippen molar-refractivity contribution in [2.24, 2.45) is 11.7 Å². The summed E-state index contributed by atoms with van der Waals surface area (Å²) < 4.78 is 13.1. The van der Waals surface area contributed by atoms with E-state index in [1.165, 1.54) is 40.8 Å². The standard InChI is InChI=1S/C37H45FN4/c1-28-7-5-6-10-33(28)27-42-21-19-30(20-22-42)13-18-37(35(25-40)26-41)32-15-14-31(34(23-32)24-39)9-4-2-3-8-29-11-16-36(38)17-12-29/h6,10-12,14-17,23,30H,2-5,7-9,13,18-22,24,27,39H2,1H3. The highest BCUT2D eigenvalue weighted by Crippen LogP contribution is 2.32. The minimum Gasteiger partial charge on any atom is -0.326 e. The van der Waals surface area contributed by atoms with Crippen LogP contribution in [0.4, 0.5) is 4.39 Å². The third-order valence-electron chi connectivity index (χ3n) is 9.08. The summed E-state index contributed by atoms with van der Waals surface area (Å²) in [7, 11) is 0. The van der Waals surface area contributed by atoms with Crippen LogP contribution in [-0.2, 0) is 19.4 Å². The van der Waals surface area contributed by atoms with Crippen molar-refractivity contribution < 1.29 is 4.39 Å². The maximum atomic E-state index is 13.1. The van der Waals surface area contributed by atoms with E-state index in [0.29, 0.717) is 12.5 Å². The molecule has 0 spiro atoms. The van der Waals surface area contributed by atoms with Crippen molar-refractivity contribution in [2.75, 3.05) is 19.6 Å². The average molecular weight is 565 g/mol. The predicted molar refractivity (Wildman–Crippen MR) is 170 cm³/mol. The quantitative estimate of drug-likeness (QED) is 0.196. The van der Waals surface area contributed by atoms with Crippen molar-refractivity contribution in [1.82, 2.24) is 4.90 Å². The smallest absolute Gasteiger partial charge is 0.133 e. The fourth-order valence-corrected chi connectivity index (χ4v) is 6.33. The normalized spacial score (nSPS) is 15.8. The van der Waals surface area contributed by atoms with Crippen molar-refractivity contribution in [1.29, 1.82) is 10.5 Å². The number of nitrogens with two attached hydrogens (primary N) is 1. The first-order chi connectivity index (χ1) is 20.5. The van der Waals surface area contributed by atoms with Crippen LogP contribution >= 0.6 is 0 Å². The molecule has 0 bridgehead atoms. The van der Waals surface area contributed by atoms with Gasteiger partial charge in [-0.05, 0) is 142 Å². The fourth-order valence-electron chi connectivity index (χ4n) is 6.33. The zero-order chi connectivity index (χ0) is 29.7. The molecule has 0 unspecified atom stereocenters. The highest BCUT2D eigenvalue weighted by molar-refractivity contribution is 5.75. The van der Waals surface area contributed by atoms with Gasteiger partial charge in [-0.15, -0.1) is 0 Å². The van der Waals surface area contributed by atoms with E-state index in [0.717, 1.165) is 101 Å². The first kappa shape index (κ1) is 31.4. The Morgan fingerprint density at radius 2 is 1.71 bits per heavy atom. The summed E-state index contributed by atoms with van der Waals surface area (Å²) in [6.45, 7) is 5.96. The Bertz CT molecular complexity index is 1350. The van der Waals surface area contributed by atoms with Gasteiger partial charge in [0.1, 0.15) is 23.5 Å². The van der Waals surface area contributed by atoms with Crippen LogP contribution in [0.3, 0.4) is 0 Å². The lowest BCUT2D eigenvalue weighted by molar-refractivity contribution is 0.193. The molecular formula is C37H45FN4. The number of piperidine rings is 1. The zero-order valence-corrected chi connectivity index (χ0v) is 25.2. The average Bonchev–Trinajstić information content (AvgIpc) is 3.02. The second-order valence-electron chi connectivity index (χ2n) is 12.0. The van der Waals surface area contributed by atoms with Crippen molar-refractivity contribution in [2.45, 2.75) is 84.1 Å². The van der Waals surface area contributed by atoms with Gasteiger partial charge < -0.3 is 5.73 Å². The van der Waals surface area contributed by atoms with Crippen LogP contribution in [-0.4, -0.2) is 24.5 Å². The number of unbranched alkanes of at least 4 members (excludes halogenated alkanes) is 2. The molecule has 0 radical (unpaired) electrons. The highest BCUT2D eigenvalue weighted by Gasteiger charge is 2.22. The number of hydrogen-bond donors (Lipinski definition) is 1. The van der Waals surface area contributed by atoms with Crippen LogP contribution in [0.1, 0.15) is 87.0 Å². The molecule has 0 saturated carbocycles. The summed E-state index contributed by atoms with van der Waals surface area (Å²) in [5, 5.41) is 19.5. The van der Waals surface area contributed by atoms with E-state index in [1.807, 2.05) is 12.1 Å². The number of nitrogens with zero attached hydrogens (tertiary/aromatic N) is 3. The van der Waals surface area contributed by atoms with Gasteiger partial charge in [0.05, 0.1) is 0 Å². The van der Waals surface area contributed by atoms with E-state index in [1.54, 1.807) is 0 Å². The van der Waals surface area contributed by atoms with Gasteiger partial charge in [-0.25, -0.2) is 4.39 Å². The van der Waals surface area contributed by atoms with Gasteiger partial charge in [0, 0.05) is 13.1 Å². The Hall–Kier alpha value is -3.51. The van der Waals surface area contributed by atoms with Gasteiger partial charge in [-0.2, -0.15) is 10.5 Å². The van der Waals surface area contributed by atoms with E-state index in [2.05, 4.69) is 54.3 Å². The SMILES string of the molecule is CC1=C(CN2CCC(CCC(=C(C#N)C#N)c3ccc(CCCCCc4ccc(F)cc4)c(CN)c3)CC2)C=CCC1. The molecular weight excluding hydrogens is 519 g/mol. The van der Waals surface area contributed by atoms with Crippen molar-refractivity contribution >= 4 is 5.57 Å². The molecule has 1 heterocycles. The van der Waals surface area contributed by atoms with Gasteiger partial charge in [-0.3, -0.25) is 4.90 Å². The number of aryl methyl sites for hydroxylation is 2. The predicted octanol–water partition coefficient (Wildman–Crippen LogP) is 8.20. The number of benzene rings is 2. The topological polar surface area (TPSA) is 76.8 Å². The van der Waals surface area contributed by atoms with Gasteiger partial charge in [0.2, 0.25) is 0 Å². The Morgan fingerprint density at radius 1 is 0.976 bits per heavy atom. The molecule has 0 amide bonds. The second kappa shape index (κ2) is 16.2. The molecule has 220 valence electrons. The lowest BCUT2D eigenvalue weighted by atomic mass is 9.86. The molecule has 2 aliphatic rings. The Kier molecular flexibility index (Phi) is 12.1. The first-order valence-electron chi connectivity index (χ1n) is 15.7. The van der Waals surface area contributed by atoms with Crippen LogP contribution in [0, 0.1) is 34.4 Å². The maximum Gasteiger partial charge on any atom is 0.133 e. The summed E-state index contributed by atoms with van der Waals surface area (Å²) >= 11 is 0. The van der Waals surface area contributed by atoms with E-state index in [4.69, 9.17) is 5.73 Å². The molecule has 1 aliphatic heterocycles. The molecule has 0 aromatic heterocycles. The molecule has 4 rings (SSSR count). The summed E-state index contributed by atoms with van der Waals surface area (Å²) in [5.74, 6) is 0.415. The van der Waals surface area contributed by atoms with Gasteiger partial charge >= 0.3 is 0 Å². The highest BCUT2D eigenvalue weighted by atomic mass is 19.1. The molecule has 2 aromatic rings. The summed E-state index contributed by atoms with van der Waals surface area (Å²) in [6.07, 6.45) is 16.1. The first-order valence-corrected chi connectivity index (χ1v) is 15.7. The van der Waals surface area contributed by atoms with Gasteiger partial charge in [0.25, 0.3) is 0 Å². The Morgan fingerprint density at radius 3 is 2.40 bits per heavy atom. The van der Waals surface area contributed by atoms with Crippen LogP contribution < -0.4 is 5.73 Å². The molecule has 2 aromatic carbocycles. The number of allylic oxidation sites excluding steroid dienone is 4. The molecule has 5 heteroatoms. The van der Waals surface area contributed by atoms with E-state index in [9.17, 15) is 14.9 Å². The Labute approximate surface area is 252 Å². The minimum atomic E-state index is -0.192. The molecule has 1 fully saturated rings. The maximum absolute atomic E-state index is 13.1. The molecule has 0 atom stereocenters. The van der Waals surface area contributed by atoms with Crippen molar-refractivity contribution in [3.05, 3.63) is 99.4 Å². The second-order valence-corrected chi connectivity index (χ2v) is 12.0. The van der Waals surface area contributed by atoms with Gasteiger partial charge in [0.15, 0.2) is 0 Å². The summed E-state index contributed by atoms with van der Waals surface area (Å²) in [6, 6.07) is 17.4. The third kappa shape index (κ3) is 8.99. The van der Waals surface area contributed by atoms with Crippen molar-refractivity contribution in [3.63, 3.8) is 0 Å². The van der Waals surface area contributed by atoms with Crippen LogP contribution in [0.5, 0.6) is 0 Å². The van der Waals surface area contributed by atoms with E-state index >= 15 is 0 Å². The van der Waals surface area contributed by atoms with Crippen LogP contribution in [0.2, 0.25) is 0 Å². The monoisotopic (exact) mass is 564 g/mol. The molecule has 42 heavy (non-hydrogen) atoms. The number of halogens is 1. The lowest BCUT2D eigenvalue weighted by Crippen LogP contribution is -2.35. The van der Waals surface area contributed by atoms with Crippen LogP contribution in [0.15, 0.2) is 71.3 Å². The lowest BCUT2D eigenvalue weighted by Gasteiger charge is -2.33. The zero-order valence-electron chi connectivity index (χ0n) is 25.2. The van der Waals surface area contributed by atoms with Crippen LogP contribution in [0.25, 0.3) is 5.57 Å². The number of likely N-dealkylation sites (tertiary alicyclic amines) is 1. The van der Waals surface area contributed by atoms with Gasteiger partial charge in [-0.1, -0.05) is 48.4 Å². The summed E-state index contributed by atoms with van der Waals surface area (Å²) in [4.78, 5) is 2.58. The van der Waals surface area contributed by atoms with E-state index < -0.39 is 0 Å². The summed E-state index contributed by atoms with van der Waals surface area (Å²) in [5.41, 5.74) is 14.7. The number of rotatable bonds is 13. The molecule has 4 nitrogen and oxygen atoms in total. The molecule has 1 aliphatic carbocycles. The Balaban J connectivity index is 1.31. The minimum absolute atomic E-state index is 0.192. The number of nitriles is 2. The van der Waals surface area contributed by atoms with E-state index in [-0.39, 0.29) is 11.4 Å². The number of hydrogen-bond acceptors (Lipinski definition) is 4.